The lowest BCUT2D eigenvalue weighted by Gasteiger charge is -2.26. The van der Waals surface area contributed by atoms with E-state index in [0.29, 0.717) is 19.4 Å². The Morgan fingerprint density at radius 3 is 2.61 bits per heavy atom. The first-order chi connectivity index (χ1) is 13.1. The van der Waals surface area contributed by atoms with E-state index in [-0.39, 0.29) is 28.6 Å². The molecule has 1 aromatic carbocycles. The molecule has 1 aliphatic heterocycles. The predicted octanol–water partition coefficient (Wildman–Crippen LogP) is 4.00. The minimum atomic E-state index is -4.48. The molecule has 1 aromatic heterocycles. The Labute approximate surface area is 161 Å². The number of halogens is 3. The van der Waals surface area contributed by atoms with E-state index in [1.54, 1.807) is 0 Å². The van der Waals surface area contributed by atoms with Gasteiger partial charge in [-0.25, -0.2) is 8.42 Å². The molecule has 1 fully saturated rings. The highest BCUT2D eigenvalue weighted by molar-refractivity contribution is 7.91. The van der Waals surface area contributed by atoms with Gasteiger partial charge in [0.1, 0.15) is 5.76 Å². The quantitative estimate of drug-likeness (QED) is 0.740. The van der Waals surface area contributed by atoms with Crippen LogP contribution in [0.5, 0.6) is 0 Å². The first-order valence-electron chi connectivity index (χ1n) is 8.89. The molecule has 0 saturated carbocycles. The van der Waals surface area contributed by atoms with E-state index in [0.717, 1.165) is 12.1 Å². The number of furan rings is 1. The van der Waals surface area contributed by atoms with Crippen molar-refractivity contribution in [1.29, 1.82) is 0 Å². The lowest BCUT2D eigenvalue weighted by Crippen LogP contribution is -2.41. The molecule has 1 amide bonds. The summed E-state index contributed by atoms with van der Waals surface area (Å²) in [6.07, 6.45) is -3.47. The minimum absolute atomic E-state index is 0.0230. The van der Waals surface area contributed by atoms with Crippen LogP contribution in [-0.4, -0.2) is 43.3 Å². The van der Waals surface area contributed by atoms with Crippen molar-refractivity contribution in [2.24, 2.45) is 0 Å². The van der Waals surface area contributed by atoms with Gasteiger partial charge in [-0.15, -0.1) is 0 Å². The summed E-state index contributed by atoms with van der Waals surface area (Å²) in [5.74, 6) is -0.379. The number of sulfone groups is 1. The number of amides is 1. The number of benzene rings is 1. The van der Waals surface area contributed by atoms with Crippen LogP contribution in [0.25, 0.3) is 11.3 Å². The monoisotopic (exact) mass is 415 g/mol. The SMILES string of the molecule is CCCN(C(=O)c1ccc(-c2cccc(C(F)(F)F)c2)o1)C1CCS(=O)(=O)C1. The zero-order valence-corrected chi connectivity index (χ0v) is 16.0. The topological polar surface area (TPSA) is 67.6 Å². The van der Waals surface area contributed by atoms with Crippen LogP contribution in [0.1, 0.15) is 35.9 Å². The molecule has 0 aliphatic carbocycles. The Morgan fingerprint density at radius 1 is 1.25 bits per heavy atom. The Bertz CT molecular complexity index is 966. The highest BCUT2D eigenvalue weighted by Gasteiger charge is 2.35. The molecule has 1 atom stereocenters. The third-order valence-corrected chi connectivity index (χ3v) is 6.42. The summed E-state index contributed by atoms with van der Waals surface area (Å²) in [7, 11) is -3.16. The Balaban J connectivity index is 1.85. The minimum Gasteiger partial charge on any atom is -0.451 e. The highest BCUT2D eigenvalue weighted by Crippen LogP contribution is 2.33. The molecule has 0 N–H and O–H groups in total. The second-order valence-corrected chi connectivity index (χ2v) is 9.03. The van der Waals surface area contributed by atoms with Crippen LogP contribution in [0.3, 0.4) is 0 Å². The van der Waals surface area contributed by atoms with Gasteiger partial charge in [-0.3, -0.25) is 4.79 Å². The molecular formula is C19H20F3NO4S. The molecule has 0 spiro atoms. The largest absolute Gasteiger partial charge is 0.451 e. The average molecular weight is 415 g/mol. The normalized spacial score (nSPS) is 18.9. The third kappa shape index (κ3) is 4.40. The van der Waals surface area contributed by atoms with Crippen LogP contribution in [0.4, 0.5) is 13.2 Å². The van der Waals surface area contributed by atoms with Crippen LogP contribution in [0, 0.1) is 0 Å². The van der Waals surface area contributed by atoms with E-state index in [1.165, 1.54) is 29.2 Å². The molecule has 1 unspecified atom stereocenters. The molecule has 28 heavy (non-hydrogen) atoms. The van der Waals surface area contributed by atoms with Crippen LogP contribution in [0.15, 0.2) is 40.8 Å². The smallest absolute Gasteiger partial charge is 0.416 e. The maximum absolute atomic E-state index is 12.9. The summed E-state index contributed by atoms with van der Waals surface area (Å²) >= 11 is 0. The summed E-state index contributed by atoms with van der Waals surface area (Å²) in [5, 5.41) is 0. The van der Waals surface area contributed by atoms with Gasteiger partial charge in [0.2, 0.25) is 0 Å². The van der Waals surface area contributed by atoms with Crippen LogP contribution in [0.2, 0.25) is 0 Å². The molecule has 0 radical (unpaired) electrons. The Morgan fingerprint density at radius 2 is 2.00 bits per heavy atom. The average Bonchev–Trinajstić information content (AvgIpc) is 3.25. The zero-order chi connectivity index (χ0) is 20.5. The molecule has 1 aliphatic rings. The number of carbonyl (C=O) groups is 1. The summed E-state index contributed by atoms with van der Waals surface area (Å²) in [5.41, 5.74) is -0.600. The second-order valence-electron chi connectivity index (χ2n) is 6.80. The number of hydrogen-bond donors (Lipinski definition) is 0. The Kier molecular flexibility index (Phi) is 5.56. The number of hydrogen-bond acceptors (Lipinski definition) is 4. The van der Waals surface area contributed by atoms with Crippen molar-refractivity contribution in [1.82, 2.24) is 4.90 Å². The van der Waals surface area contributed by atoms with Crippen molar-refractivity contribution >= 4 is 15.7 Å². The highest BCUT2D eigenvalue weighted by atomic mass is 32.2. The van der Waals surface area contributed by atoms with Crippen molar-refractivity contribution in [3.05, 3.63) is 47.7 Å². The second kappa shape index (κ2) is 7.62. The molecule has 3 rings (SSSR count). The van der Waals surface area contributed by atoms with Crippen molar-refractivity contribution in [2.75, 3.05) is 18.1 Å². The van der Waals surface area contributed by atoms with Gasteiger partial charge in [-0.05, 0) is 37.1 Å². The third-order valence-electron chi connectivity index (χ3n) is 4.67. The lowest BCUT2D eigenvalue weighted by molar-refractivity contribution is -0.137. The van der Waals surface area contributed by atoms with E-state index in [9.17, 15) is 26.4 Å². The fourth-order valence-corrected chi connectivity index (χ4v) is 5.04. The molecule has 0 bridgehead atoms. The van der Waals surface area contributed by atoms with Crippen molar-refractivity contribution in [2.45, 2.75) is 32.0 Å². The first kappa shape index (κ1) is 20.4. The molecule has 5 nitrogen and oxygen atoms in total. The van der Waals surface area contributed by atoms with Crippen LogP contribution in [-0.2, 0) is 16.0 Å². The van der Waals surface area contributed by atoms with Gasteiger partial charge in [-0.2, -0.15) is 13.2 Å². The van der Waals surface area contributed by atoms with Gasteiger partial charge in [0.25, 0.3) is 5.91 Å². The number of nitrogens with zero attached hydrogens (tertiary/aromatic N) is 1. The molecule has 2 heterocycles. The van der Waals surface area contributed by atoms with Gasteiger partial charge in [-0.1, -0.05) is 19.1 Å². The van der Waals surface area contributed by atoms with Crippen LogP contribution >= 0.6 is 0 Å². The first-order valence-corrected chi connectivity index (χ1v) is 10.7. The number of rotatable bonds is 5. The van der Waals surface area contributed by atoms with E-state index >= 15 is 0 Å². The van der Waals surface area contributed by atoms with E-state index in [2.05, 4.69) is 0 Å². The van der Waals surface area contributed by atoms with Crippen molar-refractivity contribution in [3.8, 4) is 11.3 Å². The maximum atomic E-state index is 12.9. The predicted molar refractivity (Wildman–Crippen MR) is 97.5 cm³/mol. The number of carbonyl (C=O) groups excluding carboxylic acids is 1. The molecular weight excluding hydrogens is 395 g/mol. The van der Waals surface area contributed by atoms with Gasteiger partial charge in [0, 0.05) is 18.2 Å². The summed E-state index contributed by atoms with van der Waals surface area (Å²) in [6, 6.07) is 7.09. The standard InChI is InChI=1S/C19H20F3NO4S/c1-2-9-23(15-8-10-28(25,26)12-15)18(24)17-7-6-16(27-17)13-4-3-5-14(11-13)19(20,21)22/h3-7,11,15H,2,8-10,12H2,1H3. The van der Waals surface area contributed by atoms with Gasteiger partial charge < -0.3 is 9.32 Å². The van der Waals surface area contributed by atoms with E-state index in [1.807, 2.05) is 6.92 Å². The fraction of sp³-hybridized carbons (Fsp3) is 0.421. The number of alkyl halides is 3. The van der Waals surface area contributed by atoms with Crippen molar-refractivity contribution in [3.63, 3.8) is 0 Å². The van der Waals surface area contributed by atoms with E-state index in [4.69, 9.17) is 4.42 Å². The van der Waals surface area contributed by atoms with Gasteiger partial charge in [0.15, 0.2) is 15.6 Å². The summed E-state index contributed by atoms with van der Waals surface area (Å²) in [4.78, 5) is 14.3. The fourth-order valence-electron chi connectivity index (χ4n) is 3.31. The molecule has 152 valence electrons. The van der Waals surface area contributed by atoms with E-state index < -0.39 is 33.5 Å². The summed E-state index contributed by atoms with van der Waals surface area (Å²) in [6.45, 7) is 2.25. The Hall–Kier alpha value is -2.29. The zero-order valence-electron chi connectivity index (χ0n) is 15.2. The van der Waals surface area contributed by atoms with Crippen LogP contribution < -0.4 is 0 Å². The summed E-state index contributed by atoms with van der Waals surface area (Å²) < 4.78 is 67.8. The molecule has 2 aromatic rings. The van der Waals surface area contributed by atoms with Gasteiger partial charge in [0.05, 0.1) is 17.1 Å². The van der Waals surface area contributed by atoms with Crippen molar-refractivity contribution < 1.29 is 30.8 Å². The molecule has 9 heteroatoms. The lowest BCUT2D eigenvalue weighted by atomic mass is 10.1. The van der Waals surface area contributed by atoms with Gasteiger partial charge >= 0.3 is 6.18 Å². The maximum Gasteiger partial charge on any atom is 0.416 e. The molecule has 1 saturated heterocycles.